The predicted octanol–water partition coefficient (Wildman–Crippen LogP) is 3.49. The summed E-state index contributed by atoms with van der Waals surface area (Å²) in [4.78, 5) is 34.5. The molecule has 1 N–H and O–H groups in total. The minimum absolute atomic E-state index is 0.105. The Labute approximate surface area is 204 Å². The number of aliphatic hydroxyl groups is 1. The number of rotatable bonds is 5. The van der Waals surface area contributed by atoms with Crippen LogP contribution in [0.5, 0.6) is 0 Å². The summed E-state index contributed by atoms with van der Waals surface area (Å²) in [5, 5.41) is 14.8. The Kier molecular flexibility index (Phi) is 6.17. The Morgan fingerprint density at radius 2 is 1.86 bits per heavy atom. The standard InChI is InChI=1S/C26H32FN5O3/c1-16(2)19-13-20(17-7-9-18(27)10-8-17)29-32-14-21(28-22(19)32)23(33)31-12-11-30(15-25(3,4)35)24(34)26(31,5)6/h7-10,13-14,16,35H,11-12,15H2,1-6H3. The van der Waals surface area contributed by atoms with E-state index >= 15 is 0 Å². The van der Waals surface area contributed by atoms with Crippen molar-refractivity contribution in [1.82, 2.24) is 24.4 Å². The number of imidazole rings is 1. The molecule has 1 fully saturated rings. The van der Waals surface area contributed by atoms with E-state index in [-0.39, 0.29) is 35.8 Å². The Bertz CT molecular complexity index is 1270. The summed E-state index contributed by atoms with van der Waals surface area (Å²) in [6.07, 6.45) is 1.58. The first-order valence-corrected chi connectivity index (χ1v) is 11.8. The molecule has 0 spiro atoms. The molecule has 3 aromatic rings. The molecule has 1 aromatic carbocycles. The first-order chi connectivity index (χ1) is 16.3. The van der Waals surface area contributed by atoms with Crippen LogP contribution in [0.1, 0.15) is 63.5 Å². The van der Waals surface area contributed by atoms with Gasteiger partial charge in [-0.3, -0.25) is 9.59 Å². The highest BCUT2D eigenvalue weighted by molar-refractivity contribution is 5.99. The quantitative estimate of drug-likeness (QED) is 0.602. The summed E-state index contributed by atoms with van der Waals surface area (Å²) in [5.74, 6) is -0.792. The van der Waals surface area contributed by atoms with Crippen molar-refractivity contribution in [2.24, 2.45) is 0 Å². The largest absolute Gasteiger partial charge is 0.389 e. The van der Waals surface area contributed by atoms with Gasteiger partial charge in [-0.2, -0.15) is 5.10 Å². The molecule has 35 heavy (non-hydrogen) atoms. The number of amides is 2. The second kappa shape index (κ2) is 8.71. The number of benzene rings is 1. The zero-order valence-corrected chi connectivity index (χ0v) is 21.0. The topological polar surface area (TPSA) is 91.0 Å². The van der Waals surface area contributed by atoms with Crippen molar-refractivity contribution in [1.29, 1.82) is 0 Å². The lowest BCUT2D eigenvalue weighted by atomic mass is 9.95. The molecule has 0 aliphatic carbocycles. The lowest BCUT2D eigenvalue weighted by Gasteiger charge is -2.46. The van der Waals surface area contributed by atoms with Gasteiger partial charge < -0.3 is 14.9 Å². The molecule has 1 aliphatic rings. The molecule has 3 heterocycles. The first kappa shape index (κ1) is 24.8. The van der Waals surface area contributed by atoms with Crippen molar-refractivity contribution in [3.05, 3.63) is 53.6 Å². The molecule has 1 aliphatic heterocycles. The molecular formula is C26H32FN5O3. The number of carbonyl (C=O) groups is 2. The van der Waals surface area contributed by atoms with E-state index in [9.17, 15) is 19.1 Å². The lowest BCUT2D eigenvalue weighted by Crippen LogP contribution is -2.65. The normalized spacial score (nSPS) is 16.4. The molecule has 8 nitrogen and oxygen atoms in total. The van der Waals surface area contributed by atoms with Crippen molar-refractivity contribution >= 4 is 17.5 Å². The molecule has 0 bridgehead atoms. The van der Waals surface area contributed by atoms with E-state index in [1.165, 1.54) is 17.0 Å². The number of nitrogens with zero attached hydrogens (tertiary/aromatic N) is 5. The molecule has 2 amide bonds. The summed E-state index contributed by atoms with van der Waals surface area (Å²) in [6.45, 7) is 11.6. The van der Waals surface area contributed by atoms with Crippen LogP contribution in [0.3, 0.4) is 0 Å². The van der Waals surface area contributed by atoms with Gasteiger partial charge in [0.1, 0.15) is 17.1 Å². The fourth-order valence-corrected chi connectivity index (χ4v) is 4.51. The van der Waals surface area contributed by atoms with Crippen LogP contribution < -0.4 is 0 Å². The third-order valence-electron chi connectivity index (χ3n) is 6.34. The number of aromatic nitrogens is 3. The van der Waals surface area contributed by atoms with Crippen LogP contribution >= 0.6 is 0 Å². The van der Waals surface area contributed by atoms with Crippen LogP contribution in [0, 0.1) is 5.82 Å². The fourth-order valence-electron chi connectivity index (χ4n) is 4.51. The van der Waals surface area contributed by atoms with Crippen molar-refractivity contribution in [2.45, 2.75) is 58.6 Å². The number of β-amino-alcohol motifs (C(OH)–C–C–N with tert-alkyl or cyclic N) is 1. The number of hydrogen-bond donors (Lipinski definition) is 1. The summed E-state index contributed by atoms with van der Waals surface area (Å²) < 4.78 is 15.0. The minimum atomic E-state index is -1.09. The lowest BCUT2D eigenvalue weighted by molar-refractivity contribution is -0.149. The van der Waals surface area contributed by atoms with Gasteiger partial charge in [0.25, 0.3) is 5.91 Å². The second-order valence-corrected chi connectivity index (χ2v) is 10.6. The zero-order chi connectivity index (χ0) is 25.7. The van der Waals surface area contributed by atoms with Gasteiger partial charge in [-0.15, -0.1) is 0 Å². The second-order valence-electron chi connectivity index (χ2n) is 10.6. The SMILES string of the molecule is CC(C)c1cc(-c2ccc(F)cc2)nn2cc(C(=O)N3CCN(CC(C)(C)O)C(=O)C3(C)C)nc12. The molecule has 2 aromatic heterocycles. The van der Waals surface area contributed by atoms with E-state index in [2.05, 4.69) is 10.1 Å². The van der Waals surface area contributed by atoms with Crippen molar-refractivity contribution in [3.8, 4) is 11.3 Å². The fraction of sp³-hybridized carbons (Fsp3) is 0.462. The third kappa shape index (κ3) is 4.77. The number of piperazine rings is 1. The molecule has 0 radical (unpaired) electrons. The van der Waals surface area contributed by atoms with Gasteiger partial charge >= 0.3 is 0 Å². The molecule has 186 valence electrons. The van der Waals surface area contributed by atoms with E-state index in [1.54, 1.807) is 55.4 Å². The van der Waals surface area contributed by atoms with E-state index < -0.39 is 11.1 Å². The van der Waals surface area contributed by atoms with Crippen LogP contribution in [0.2, 0.25) is 0 Å². The van der Waals surface area contributed by atoms with Gasteiger partial charge in [0.2, 0.25) is 5.91 Å². The van der Waals surface area contributed by atoms with Crippen LogP contribution in [0.15, 0.2) is 36.5 Å². The van der Waals surface area contributed by atoms with Crippen molar-refractivity contribution in [2.75, 3.05) is 19.6 Å². The maximum Gasteiger partial charge on any atom is 0.275 e. The highest BCUT2D eigenvalue weighted by atomic mass is 19.1. The predicted molar refractivity (Wildman–Crippen MR) is 130 cm³/mol. The highest BCUT2D eigenvalue weighted by Crippen LogP contribution is 2.29. The Hall–Kier alpha value is -3.33. The van der Waals surface area contributed by atoms with Crippen LogP contribution in [0.25, 0.3) is 16.9 Å². The first-order valence-electron chi connectivity index (χ1n) is 11.8. The van der Waals surface area contributed by atoms with Gasteiger partial charge in [0.05, 0.1) is 17.5 Å². The van der Waals surface area contributed by atoms with E-state index in [0.29, 0.717) is 24.4 Å². The van der Waals surface area contributed by atoms with Gasteiger partial charge in [0, 0.05) is 30.8 Å². The molecule has 0 unspecified atom stereocenters. The van der Waals surface area contributed by atoms with Gasteiger partial charge in [-0.25, -0.2) is 13.9 Å². The van der Waals surface area contributed by atoms with E-state index in [4.69, 9.17) is 0 Å². The molecule has 0 atom stereocenters. The zero-order valence-electron chi connectivity index (χ0n) is 21.0. The average Bonchev–Trinajstić information content (AvgIpc) is 3.20. The molecular weight excluding hydrogens is 449 g/mol. The molecule has 1 saturated heterocycles. The molecule has 0 saturated carbocycles. The average molecular weight is 482 g/mol. The highest BCUT2D eigenvalue weighted by Gasteiger charge is 2.45. The monoisotopic (exact) mass is 481 g/mol. The Balaban J connectivity index is 1.69. The van der Waals surface area contributed by atoms with E-state index in [1.807, 2.05) is 19.9 Å². The maximum atomic E-state index is 13.6. The third-order valence-corrected chi connectivity index (χ3v) is 6.34. The molecule has 9 heteroatoms. The number of fused-ring (bicyclic) bond motifs is 1. The van der Waals surface area contributed by atoms with Crippen LogP contribution in [-0.4, -0.2) is 72.1 Å². The number of halogens is 1. The Morgan fingerprint density at radius 1 is 1.20 bits per heavy atom. The summed E-state index contributed by atoms with van der Waals surface area (Å²) in [6, 6.07) is 8.01. The summed E-state index contributed by atoms with van der Waals surface area (Å²) >= 11 is 0. The van der Waals surface area contributed by atoms with Crippen LogP contribution in [-0.2, 0) is 4.79 Å². The van der Waals surface area contributed by atoms with Crippen molar-refractivity contribution in [3.63, 3.8) is 0 Å². The minimum Gasteiger partial charge on any atom is -0.389 e. The smallest absolute Gasteiger partial charge is 0.275 e. The van der Waals surface area contributed by atoms with Gasteiger partial charge in [-0.1, -0.05) is 13.8 Å². The van der Waals surface area contributed by atoms with Crippen molar-refractivity contribution < 1.29 is 19.1 Å². The summed E-state index contributed by atoms with van der Waals surface area (Å²) in [5.41, 5.74) is 0.958. The summed E-state index contributed by atoms with van der Waals surface area (Å²) in [7, 11) is 0. The Morgan fingerprint density at radius 3 is 2.46 bits per heavy atom. The van der Waals surface area contributed by atoms with Crippen LogP contribution in [0.4, 0.5) is 4.39 Å². The number of hydrogen-bond acceptors (Lipinski definition) is 5. The molecule has 4 rings (SSSR count). The number of carbonyl (C=O) groups excluding carboxylic acids is 2. The maximum absolute atomic E-state index is 13.6. The van der Waals surface area contributed by atoms with Gasteiger partial charge in [-0.05, 0) is 63.9 Å². The van der Waals surface area contributed by atoms with E-state index in [0.717, 1.165) is 11.1 Å². The van der Waals surface area contributed by atoms with Gasteiger partial charge in [0.15, 0.2) is 5.65 Å².